The first-order valence-electron chi connectivity index (χ1n) is 7.63. The summed E-state index contributed by atoms with van der Waals surface area (Å²) in [6.07, 6.45) is 6.15. The fraction of sp³-hybridized carbons (Fsp3) is 0.800. The van der Waals surface area contributed by atoms with Crippen LogP contribution in [0.5, 0.6) is 0 Å². The summed E-state index contributed by atoms with van der Waals surface area (Å²) < 4.78 is 0. The maximum Gasteiger partial charge on any atom is 0.315 e. The van der Waals surface area contributed by atoms with E-state index in [0.29, 0.717) is 6.42 Å². The summed E-state index contributed by atoms with van der Waals surface area (Å²) in [5.74, 6) is -2.41. The normalized spacial score (nSPS) is 29.9. The van der Waals surface area contributed by atoms with Gasteiger partial charge in [0.25, 0.3) is 0 Å². The zero-order valence-electron chi connectivity index (χ0n) is 12.4. The van der Waals surface area contributed by atoms with Gasteiger partial charge < -0.3 is 16.2 Å². The van der Waals surface area contributed by atoms with Gasteiger partial charge in [-0.2, -0.15) is 0 Å². The molecule has 118 valence electrons. The van der Waals surface area contributed by atoms with E-state index in [1.54, 1.807) is 0 Å². The van der Waals surface area contributed by atoms with Crippen molar-refractivity contribution in [2.45, 2.75) is 51.5 Å². The lowest BCUT2D eigenvalue weighted by atomic mass is 9.81. The predicted molar refractivity (Wildman–Crippen MR) is 76.4 cm³/mol. The van der Waals surface area contributed by atoms with Gasteiger partial charge in [-0.3, -0.25) is 14.4 Å². The number of carboxylic acid groups (broad SMARTS) is 1. The molecule has 2 fully saturated rings. The summed E-state index contributed by atoms with van der Waals surface area (Å²) in [5, 5.41) is 11.6. The van der Waals surface area contributed by atoms with Crippen LogP contribution in [0.2, 0.25) is 0 Å². The second-order valence-corrected chi connectivity index (χ2v) is 6.64. The second-order valence-electron chi connectivity index (χ2n) is 6.64. The van der Waals surface area contributed by atoms with E-state index in [-0.39, 0.29) is 17.9 Å². The van der Waals surface area contributed by atoms with E-state index < -0.39 is 23.7 Å². The van der Waals surface area contributed by atoms with E-state index in [1.807, 2.05) is 0 Å². The molecular formula is C15H24N2O4. The minimum atomic E-state index is -1.25. The Morgan fingerprint density at radius 2 is 1.95 bits per heavy atom. The van der Waals surface area contributed by atoms with Crippen LogP contribution in [0.25, 0.3) is 0 Å². The van der Waals surface area contributed by atoms with Crippen molar-refractivity contribution in [2.24, 2.45) is 23.0 Å². The lowest BCUT2D eigenvalue weighted by Crippen LogP contribution is -2.46. The third kappa shape index (κ3) is 3.43. The molecule has 2 aliphatic rings. The molecule has 2 rings (SSSR count). The number of amides is 1. The van der Waals surface area contributed by atoms with Gasteiger partial charge in [0.15, 0.2) is 5.78 Å². The maximum absolute atomic E-state index is 12.1. The van der Waals surface area contributed by atoms with Crippen LogP contribution in [-0.2, 0) is 14.4 Å². The number of nitrogens with two attached hydrogens (primary N) is 1. The molecule has 0 spiro atoms. The van der Waals surface area contributed by atoms with E-state index in [9.17, 15) is 14.4 Å². The minimum absolute atomic E-state index is 0.123. The average molecular weight is 296 g/mol. The highest BCUT2D eigenvalue weighted by molar-refractivity contribution is 6.02. The number of ketones is 1. The van der Waals surface area contributed by atoms with Crippen molar-refractivity contribution < 1.29 is 19.5 Å². The number of carboxylic acids is 1. The molecular weight excluding hydrogens is 272 g/mol. The van der Waals surface area contributed by atoms with Gasteiger partial charge in [0.1, 0.15) is 5.92 Å². The van der Waals surface area contributed by atoms with E-state index in [2.05, 4.69) is 5.32 Å². The van der Waals surface area contributed by atoms with Crippen LogP contribution in [0, 0.1) is 17.3 Å². The van der Waals surface area contributed by atoms with Gasteiger partial charge in [0, 0.05) is 13.0 Å². The molecule has 2 bridgehead atoms. The first kappa shape index (κ1) is 15.9. The van der Waals surface area contributed by atoms with Gasteiger partial charge in [-0.1, -0.05) is 0 Å². The third-order valence-electron chi connectivity index (χ3n) is 5.10. The summed E-state index contributed by atoms with van der Waals surface area (Å²) in [4.78, 5) is 35.0. The number of rotatable bonds is 7. The highest BCUT2D eigenvalue weighted by Gasteiger charge is 2.46. The smallest absolute Gasteiger partial charge is 0.315 e. The Morgan fingerprint density at radius 1 is 1.33 bits per heavy atom. The predicted octanol–water partition coefficient (Wildman–Crippen LogP) is 0.690. The van der Waals surface area contributed by atoms with Gasteiger partial charge >= 0.3 is 5.97 Å². The quantitative estimate of drug-likeness (QED) is 0.599. The number of Topliss-reactive ketones (excluding diaryl/α,β-unsaturated/α-hetero) is 1. The number of aliphatic carboxylic acids is 1. The summed E-state index contributed by atoms with van der Waals surface area (Å²) in [6, 6.07) is -0.808. The Bertz CT molecular complexity index is 441. The van der Waals surface area contributed by atoms with Crippen LogP contribution >= 0.6 is 0 Å². The number of carbonyl (C=O) groups excluding carboxylic acids is 2. The Labute approximate surface area is 124 Å². The zero-order valence-corrected chi connectivity index (χ0v) is 12.4. The molecule has 2 aliphatic carbocycles. The number of fused-ring (bicyclic) bond motifs is 2. The molecule has 0 radical (unpaired) electrons. The monoisotopic (exact) mass is 296 g/mol. The zero-order chi connectivity index (χ0) is 15.6. The number of nitrogens with one attached hydrogen (secondary N) is 1. The Hall–Kier alpha value is -1.43. The Kier molecular flexibility index (Phi) is 4.66. The lowest BCUT2D eigenvalue weighted by molar-refractivity contribution is -0.147. The number of carbonyl (C=O) groups is 3. The SMILES string of the molecule is C[C@H](NC(=O)CC12CCC(CC1)C2)C(=O)C(CN)C(=O)O. The van der Waals surface area contributed by atoms with Crippen LogP contribution < -0.4 is 11.1 Å². The molecule has 1 amide bonds. The number of hydrogen-bond acceptors (Lipinski definition) is 4. The molecule has 21 heavy (non-hydrogen) atoms. The van der Waals surface area contributed by atoms with Gasteiger partial charge in [-0.15, -0.1) is 0 Å². The highest BCUT2D eigenvalue weighted by atomic mass is 16.4. The Morgan fingerprint density at radius 3 is 2.38 bits per heavy atom. The van der Waals surface area contributed by atoms with Gasteiger partial charge in [-0.25, -0.2) is 0 Å². The third-order valence-corrected chi connectivity index (χ3v) is 5.10. The van der Waals surface area contributed by atoms with Crippen molar-refractivity contribution in [3.05, 3.63) is 0 Å². The molecule has 0 aromatic heterocycles. The molecule has 6 nitrogen and oxygen atoms in total. The van der Waals surface area contributed by atoms with Crippen molar-refractivity contribution in [3.8, 4) is 0 Å². The first-order chi connectivity index (χ1) is 9.87. The largest absolute Gasteiger partial charge is 0.481 e. The molecule has 0 saturated heterocycles. The summed E-state index contributed by atoms with van der Waals surface area (Å²) in [5.41, 5.74) is 5.43. The molecule has 1 unspecified atom stereocenters. The van der Waals surface area contributed by atoms with E-state index in [1.165, 1.54) is 19.8 Å². The van der Waals surface area contributed by atoms with Crippen molar-refractivity contribution in [3.63, 3.8) is 0 Å². The molecule has 4 N–H and O–H groups in total. The summed E-state index contributed by atoms with van der Waals surface area (Å²) in [6.45, 7) is 1.27. The van der Waals surface area contributed by atoms with Crippen molar-refractivity contribution in [1.29, 1.82) is 0 Å². The molecule has 6 heteroatoms. The fourth-order valence-corrected chi connectivity index (χ4v) is 3.90. The van der Waals surface area contributed by atoms with Gasteiger partial charge in [0.05, 0.1) is 6.04 Å². The second kappa shape index (κ2) is 6.13. The number of hydrogen-bond donors (Lipinski definition) is 3. The van der Waals surface area contributed by atoms with Gasteiger partial charge in [0.2, 0.25) is 5.91 Å². The maximum atomic E-state index is 12.1. The minimum Gasteiger partial charge on any atom is -0.481 e. The highest BCUT2D eigenvalue weighted by Crippen LogP contribution is 2.55. The van der Waals surface area contributed by atoms with Crippen LogP contribution in [0.1, 0.15) is 45.4 Å². The van der Waals surface area contributed by atoms with Crippen LogP contribution in [0.15, 0.2) is 0 Å². The van der Waals surface area contributed by atoms with Crippen LogP contribution in [-0.4, -0.2) is 35.4 Å². The van der Waals surface area contributed by atoms with E-state index in [0.717, 1.165) is 25.2 Å². The fourth-order valence-electron chi connectivity index (χ4n) is 3.90. The molecule has 2 atom stereocenters. The van der Waals surface area contributed by atoms with E-state index >= 15 is 0 Å². The van der Waals surface area contributed by atoms with Gasteiger partial charge in [-0.05, 0) is 50.4 Å². The molecule has 0 heterocycles. The van der Waals surface area contributed by atoms with Crippen molar-refractivity contribution in [1.82, 2.24) is 5.32 Å². The molecule has 2 saturated carbocycles. The standard InChI is InChI=1S/C15H24N2O4/c1-9(13(19)11(8-16)14(20)21)17-12(18)7-15-4-2-10(6-15)3-5-15/h9-11H,2-8,16H2,1H3,(H,17,18)(H,20,21)/t9-,10?,11?,15?/m0/s1. The summed E-state index contributed by atoms with van der Waals surface area (Å²) in [7, 11) is 0. The lowest BCUT2D eigenvalue weighted by Gasteiger charge is -2.26. The van der Waals surface area contributed by atoms with Crippen molar-refractivity contribution in [2.75, 3.05) is 6.54 Å². The first-order valence-corrected chi connectivity index (χ1v) is 7.63. The Balaban J connectivity index is 1.87. The van der Waals surface area contributed by atoms with Crippen molar-refractivity contribution >= 4 is 17.7 Å². The van der Waals surface area contributed by atoms with Crippen LogP contribution in [0.4, 0.5) is 0 Å². The topological polar surface area (TPSA) is 109 Å². The van der Waals surface area contributed by atoms with E-state index in [4.69, 9.17) is 10.8 Å². The molecule has 0 aromatic rings. The molecule has 0 aromatic carbocycles. The van der Waals surface area contributed by atoms with Crippen LogP contribution in [0.3, 0.4) is 0 Å². The molecule has 0 aliphatic heterocycles. The summed E-state index contributed by atoms with van der Waals surface area (Å²) >= 11 is 0. The average Bonchev–Trinajstić information content (AvgIpc) is 2.98.